The summed E-state index contributed by atoms with van der Waals surface area (Å²) in [6.07, 6.45) is 8.66. The lowest BCUT2D eigenvalue weighted by molar-refractivity contribution is -0.121. The Labute approximate surface area is 237 Å². The van der Waals surface area contributed by atoms with Crippen molar-refractivity contribution < 1.29 is 14.7 Å². The van der Waals surface area contributed by atoms with E-state index in [1.807, 2.05) is 39.8 Å². The number of hydrogen-bond donors (Lipinski definition) is 3. The van der Waals surface area contributed by atoms with Crippen LogP contribution in [0.15, 0.2) is 59.4 Å². The van der Waals surface area contributed by atoms with E-state index in [0.717, 1.165) is 43.8 Å². The van der Waals surface area contributed by atoms with Gasteiger partial charge in [-0.2, -0.15) is 0 Å². The first kappa shape index (κ1) is 29.1. The Kier molecular flexibility index (Phi) is 11.2. The molecule has 208 valence electrons. The van der Waals surface area contributed by atoms with Crippen LogP contribution >= 0.6 is 21.6 Å². The van der Waals surface area contributed by atoms with Gasteiger partial charge in [-0.1, -0.05) is 71.2 Å². The Morgan fingerprint density at radius 1 is 0.897 bits per heavy atom. The van der Waals surface area contributed by atoms with Crippen LogP contribution in [0.4, 0.5) is 0 Å². The van der Waals surface area contributed by atoms with E-state index in [1.165, 1.54) is 23.2 Å². The van der Waals surface area contributed by atoms with Gasteiger partial charge < -0.3 is 15.7 Å². The summed E-state index contributed by atoms with van der Waals surface area (Å²) in [5.41, 5.74) is 0.364. The molecule has 1 fully saturated rings. The Morgan fingerprint density at radius 3 is 2.36 bits per heavy atom. The summed E-state index contributed by atoms with van der Waals surface area (Å²) in [6.45, 7) is 1.07. The van der Waals surface area contributed by atoms with Crippen molar-refractivity contribution in [2.75, 3.05) is 18.8 Å². The zero-order valence-corrected chi connectivity index (χ0v) is 23.8. The fourth-order valence-corrected chi connectivity index (χ4v) is 7.82. The number of unbranched alkanes of at least 4 members (excludes halogenated alkanes) is 4. The lowest BCUT2D eigenvalue weighted by Gasteiger charge is -2.15. The third-order valence-electron chi connectivity index (χ3n) is 6.91. The number of rotatable bonds is 14. The summed E-state index contributed by atoms with van der Waals surface area (Å²) >= 11 is 0. The average Bonchev–Trinajstić information content (AvgIpc) is 3.47. The monoisotopic (exact) mass is 567 g/mol. The molecule has 9 heteroatoms. The van der Waals surface area contributed by atoms with Gasteiger partial charge in [-0.15, -0.1) is 0 Å². The van der Waals surface area contributed by atoms with Crippen molar-refractivity contribution in [2.24, 2.45) is 0 Å². The van der Waals surface area contributed by atoms with Crippen molar-refractivity contribution >= 4 is 44.3 Å². The second-order valence-electron chi connectivity index (χ2n) is 9.81. The van der Waals surface area contributed by atoms with Crippen LogP contribution in [-0.2, 0) is 4.79 Å². The van der Waals surface area contributed by atoms with Gasteiger partial charge in [0.2, 0.25) is 5.91 Å². The van der Waals surface area contributed by atoms with Crippen LogP contribution in [0.5, 0.6) is 5.75 Å². The Hall–Kier alpha value is -2.91. The molecule has 1 aliphatic rings. The molecule has 1 saturated heterocycles. The number of benzene rings is 2. The molecular formula is C30H37N3O4S2. The quantitative estimate of drug-likeness (QED) is 0.168. The molecule has 39 heavy (non-hydrogen) atoms. The molecule has 0 saturated carbocycles. The van der Waals surface area contributed by atoms with Gasteiger partial charge in [-0.3, -0.25) is 19.0 Å². The first-order chi connectivity index (χ1) is 19.1. The van der Waals surface area contributed by atoms with E-state index in [2.05, 4.69) is 10.6 Å². The van der Waals surface area contributed by atoms with Gasteiger partial charge in [0.15, 0.2) is 0 Å². The molecule has 0 radical (unpaired) electrons. The zero-order valence-electron chi connectivity index (χ0n) is 22.2. The van der Waals surface area contributed by atoms with E-state index >= 15 is 0 Å². The van der Waals surface area contributed by atoms with Crippen molar-refractivity contribution in [3.8, 4) is 11.4 Å². The predicted octanol–water partition coefficient (Wildman–Crippen LogP) is 5.82. The molecule has 2 amide bonds. The van der Waals surface area contributed by atoms with Crippen LogP contribution in [0.1, 0.15) is 68.1 Å². The number of carbonyl (C=O) groups is 2. The maximum absolute atomic E-state index is 13.4. The van der Waals surface area contributed by atoms with Crippen LogP contribution in [0.3, 0.4) is 0 Å². The van der Waals surface area contributed by atoms with Gasteiger partial charge in [0, 0.05) is 41.6 Å². The van der Waals surface area contributed by atoms with Gasteiger partial charge >= 0.3 is 0 Å². The fourth-order valence-electron chi connectivity index (χ4n) is 4.80. The van der Waals surface area contributed by atoms with Crippen molar-refractivity contribution in [1.82, 2.24) is 15.2 Å². The second-order valence-corrected chi connectivity index (χ2v) is 12.6. The third kappa shape index (κ3) is 8.05. The molecule has 4 rings (SSSR count). The molecule has 0 spiro atoms. The third-order valence-corrected chi connectivity index (χ3v) is 9.92. The largest absolute Gasteiger partial charge is 0.506 e. The van der Waals surface area contributed by atoms with E-state index in [1.54, 1.807) is 36.4 Å². The molecule has 1 aliphatic heterocycles. The summed E-state index contributed by atoms with van der Waals surface area (Å²) in [6, 6.07) is 16.1. The summed E-state index contributed by atoms with van der Waals surface area (Å²) in [4.78, 5) is 38.3. The van der Waals surface area contributed by atoms with E-state index < -0.39 is 11.5 Å². The Morgan fingerprint density at radius 2 is 1.62 bits per heavy atom. The molecule has 0 aliphatic carbocycles. The minimum atomic E-state index is -0.578. The number of aromatic nitrogens is 1. The number of para-hydroxylation sites is 2. The average molecular weight is 568 g/mol. The Balaban J connectivity index is 1.19. The van der Waals surface area contributed by atoms with E-state index in [0.29, 0.717) is 36.1 Å². The number of aromatic hydroxyl groups is 1. The molecule has 1 aromatic heterocycles. The van der Waals surface area contributed by atoms with Gasteiger partial charge in [0.05, 0.1) is 5.52 Å². The minimum Gasteiger partial charge on any atom is -0.506 e. The first-order valence-corrected chi connectivity index (χ1v) is 16.2. The molecule has 3 N–H and O–H groups in total. The number of amides is 2. The number of fused-ring (bicyclic) bond motifs is 1. The summed E-state index contributed by atoms with van der Waals surface area (Å²) in [5.74, 6) is 0.511. The highest BCUT2D eigenvalue weighted by molar-refractivity contribution is 8.77. The van der Waals surface area contributed by atoms with E-state index in [9.17, 15) is 19.5 Å². The lowest BCUT2D eigenvalue weighted by Crippen LogP contribution is -2.33. The summed E-state index contributed by atoms with van der Waals surface area (Å²) in [7, 11) is 3.96. The smallest absolute Gasteiger partial charge is 0.272 e. The second kappa shape index (κ2) is 15.0. The van der Waals surface area contributed by atoms with Crippen molar-refractivity contribution in [1.29, 1.82) is 0 Å². The lowest BCUT2D eigenvalue weighted by atomic mass is 10.1. The van der Waals surface area contributed by atoms with Crippen LogP contribution < -0.4 is 16.2 Å². The number of hydrogen-bond acceptors (Lipinski definition) is 6. The van der Waals surface area contributed by atoms with Gasteiger partial charge in [-0.05, 0) is 56.4 Å². The standard InChI is InChI=1S/C30H37N3O4S2/c34-26(17-9-6-14-23-18-21-38-39-23)31-19-10-1-2-11-20-32-29(36)27-28(35)24-15-7-8-16-25(24)33(30(27)37)22-12-4-3-5-13-22/h3-5,7-8,12-13,15-16,23,35H,1-2,6,9-11,14,17-21H2,(H,31,34)(H,32,36). The van der Waals surface area contributed by atoms with Crippen molar-refractivity contribution in [3.63, 3.8) is 0 Å². The number of carbonyl (C=O) groups excluding carboxylic acids is 2. The first-order valence-electron chi connectivity index (χ1n) is 13.8. The van der Waals surface area contributed by atoms with E-state index in [-0.39, 0.29) is 17.2 Å². The van der Waals surface area contributed by atoms with Crippen molar-refractivity contribution in [3.05, 3.63) is 70.5 Å². The SMILES string of the molecule is O=C(CCCCC1CCSS1)NCCCCCCNC(=O)c1c(O)c2ccccc2n(-c2ccccc2)c1=O. The van der Waals surface area contributed by atoms with Crippen molar-refractivity contribution in [2.45, 2.75) is 63.0 Å². The molecule has 7 nitrogen and oxygen atoms in total. The Bertz CT molecular complexity index is 1310. The molecule has 2 heterocycles. The highest BCUT2D eigenvalue weighted by atomic mass is 33.1. The number of nitrogens with zero attached hydrogens (tertiary/aromatic N) is 1. The van der Waals surface area contributed by atoms with Crippen LogP contribution in [0, 0.1) is 0 Å². The number of nitrogens with one attached hydrogen (secondary N) is 2. The topological polar surface area (TPSA) is 100 Å². The normalized spacial score (nSPS) is 14.9. The maximum Gasteiger partial charge on any atom is 0.272 e. The van der Waals surface area contributed by atoms with Crippen LogP contribution in [0.25, 0.3) is 16.6 Å². The molecule has 0 bridgehead atoms. The van der Waals surface area contributed by atoms with Gasteiger partial charge in [0.25, 0.3) is 11.5 Å². The summed E-state index contributed by atoms with van der Waals surface area (Å²) in [5, 5.41) is 17.8. The number of pyridine rings is 1. The highest BCUT2D eigenvalue weighted by Crippen LogP contribution is 2.39. The summed E-state index contributed by atoms with van der Waals surface area (Å²) < 4.78 is 1.46. The molecule has 3 aromatic rings. The van der Waals surface area contributed by atoms with Gasteiger partial charge in [0.1, 0.15) is 11.3 Å². The fraction of sp³-hybridized carbons (Fsp3) is 0.433. The van der Waals surface area contributed by atoms with Gasteiger partial charge in [-0.25, -0.2) is 0 Å². The predicted molar refractivity (Wildman–Crippen MR) is 162 cm³/mol. The molecular weight excluding hydrogens is 530 g/mol. The minimum absolute atomic E-state index is 0.132. The highest BCUT2D eigenvalue weighted by Gasteiger charge is 2.22. The zero-order chi connectivity index (χ0) is 27.5. The van der Waals surface area contributed by atoms with E-state index in [4.69, 9.17) is 0 Å². The molecule has 2 aromatic carbocycles. The molecule has 1 unspecified atom stereocenters. The maximum atomic E-state index is 13.4. The van der Waals surface area contributed by atoms with Crippen LogP contribution in [-0.4, -0.2) is 45.6 Å². The molecule has 1 atom stereocenters. The van der Waals surface area contributed by atoms with Crippen LogP contribution in [0.2, 0.25) is 0 Å².